The van der Waals surface area contributed by atoms with Gasteiger partial charge in [-0.3, -0.25) is 0 Å². The lowest BCUT2D eigenvalue weighted by Crippen LogP contribution is -2.08. The summed E-state index contributed by atoms with van der Waals surface area (Å²) in [6.07, 6.45) is 5.69. The first-order valence-corrected chi connectivity index (χ1v) is 10.9. The Morgan fingerprint density at radius 2 is 1.28 bits per heavy atom. The minimum Gasteiger partial charge on any atom is -0.508 e. The molecule has 3 aromatic carbocycles. The quantitative estimate of drug-likeness (QED) is 0.259. The highest BCUT2D eigenvalue weighted by Gasteiger charge is 2.08. The predicted molar refractivity (Wildman–Crippen MR) is 136 cm³/mol. The number of aromatic hydroxyl groups is 1. The summed E-state index contributed by atoms with van der Waals surface area (Å²) in [4.78, 5) is 35.8. The number of rotatable bonds is 8. The monoisotopic (exact) mass is 484 g/mol. The van der Waals surface area contributed by atoms with Crippen molar-refractivity contribution in [3.05, 3.63) is 108 Å². The van der Waals surface area contributed by atoms with Gasteiger partial charge < -0.3 is 19.3 Å². The van der Waals surface area contributed by atoms with E-state index >= 15 is 0 Å². The van der Waals surface area contributed by atoms with Gasteiger partial charge in [0.15, 0.2) is 0 Å². The third-order valence-corrected chi connectivity index (χ3v) is 4.73. The first kappa shape index (κ1) is 25.7. The number of benzene rings is 3. The fraction of sp³-hybridized carbons (Fsp3) is 0.0690. The van der Waals surface area contributed by atoms with Crippen LogP contribution in [-0.2, 0) is 14.4 Å². The second-order valence-electron chi connectivity index (χ2n) is 7.77. The summed E-state index contributed by atoms with van der Waals surface area (Å²) in [7, 11) is 0. The molecule has 7 heteroatoms. The Bertz CT molecular complexity index is 1330. The van der Waals surface area contributed by atoms with Crippen molar-refractivity contribution in [2.75, 3.05) is 0 Å². The summed E-state index contributed by atoms with van der Waals surface area (Å²) < 4.78 is 15.8. The van der Waals surface area contributed by atoms with Crippen molar-refractivity contribution >= 4 is 30.1 Å². The molecule has 0 radical (unpaired) electrons. The van der Waals surface area contributed by atoms with Crippen molar-refractivity contribution in [2.45, 2.75) is 13.8 Å². The van der Waals surface area contributed by atoms with Crippen LogP contribution in [0.4, 0.5) is 0 Å². The van der Waals surface area contributed by atoms with Crippen LogP contribution in [0.25, 0.3) is 12.2 Å². The summed E-state index contributed by atoms with van der Waals surface area (Å²) in [5.74, 6) is -0.535. The number of phenols is 1. The van der Waals surface area contributed by atoms with E-state index < -0.39 is 17.9 Å². The van der Waals surface area contributed by atoms with Crippen molar-refractivity contribution in [3.8, 4) is 23.0 Å². The van der Waals surface area contributed by atoms with Crippen molar-refractivity contribution in [3.63, 3.8) is 0 Å². The van der Waals surface area contributed by atoms with Gasteiger partial charge >= 0.3 is 17.9 Å². The van der Waals surface area contributed by atoms with Crippen LogP contribution in [0, 0.1) is 6.92 Å². The minimum absolute atomic E-state index is 0.138. The maximum atomic E-state index is 12.2. The Labute approximate surface area is 208 Å². The zero-order chi connectivity index (χ0) is 26.1. The molecule has 0 aliphatic rings. The smallest absolute Gasteiger partial charge is 0.338 e. The molecule has 0 unspecified atom stereocenters. The molecule has 0 spiro atoms. The summed E-state index contributed by atoms with van der Waals surface area (Å²) in [6, 6.07) is 17.6. The van der Waals surface area contributed by atoms with Crippen LogP contribution in [0.15, 0.2) is 91.0 Å². The van der Waals surface area contributed by atoms with Crippen LogP contribution in [0.3, 0.4) is 0 Å². The number of phenolic OH excluding ortho intramolecular Hbond substituents is 1. The summed E-state index contributed by atoms with van der Waals surface area (Å²) in [5, 5.41) is 9.29. The number of ether oxygens (including phenoxy) is 3. The Morgan fingerprint density at radius 3 is 1.83 bits per heavy atom. The molecule has 0 saturated heterocycles. The first-order chi connectivity index (χ1) is 17.2. The van der Waals surface area contributed by atoms with E-state index in [0.717, 1.165) is 5.56 Å². The van der Waals surface area contributed by atoms with Gasteiger partial charge in [0.05, 0.1) is 0 Å². The lowest BCUT2D eigenvalue weighted by atomic mass is 10.2. The molecule has 0 heterocycles. The normalized spacial score (nSPS) is 10.8. The van der Waals surface area contributed by atoms with Crippen LogP contribution in [0.1, 0.15) is 23.6 Å². The SMILES string of the molecule is C=C(C)C(=O)Oc1ccc(/C=C/C(=O)Oc2ccc(OC(=O)/C=C/c3ccc(O)cc3)cc2C)cc1. The molecule has 0 aliphatic carbocycles. The molecule has 0 bridgehead atoms. The van der Waals surface area contributed by atoms with Crippen LogP contribution < -0.4 is 14.2 Å². The topological polar surface area (TPSA) is 99.1 Å². The summed E-state index contributed by atoms with van der Waals surface area (Å²) in [6.45, 7) is 6.81. The second kappa shape index (κ2) is 12.0. The van der Waals surface area contributed by atoms with E-state index in [1.165, 1.54) is 36.4 Å². The Balaban J connectivity index is 1.54. The van der Waals surface area contributed by atoms with Gasteiger partial charge in [-0.25, -0.2) is 14.4 Å². The molecule has 0 amide bonds. The van der Waals surface area contributed by atoms with Gasteiger partial charge in [0.2, 0.25) is 0 Å². The lowest BCUT2D eigenvalue weighted by molar-refractivity contribution is -0.130. The second-order valence-corrected chi connectivity index (χ2v) is 7.77. The fourth-order valence-corrected chi connectivity index (χ4v) is 2.85. The third-order valence-electron chi connectivity index (χ3n) is 4.73. The van der Waals surface area contributed by atoms with Crippen molar-refractivity contribution < 1.29 is 33.7 Å². The van der Waals surface area contributed by atoms with E-state index in [2.05, 4.69) is 6.58 Å². The van der Waals surface area contributed by atoms with Gasteiger partial charge in [-0.05, 0) is 85.2 Å². The number of carbonyl (C=O) groups is 3. The predicted octanol–water partition coefficient (Wildman–Crippen LogP) is 5.42. The molecular formula is C29H24O7. The molecule has 0 atom stereocenters. The average Bonchev–Trinajstić information content (AvgIpc) is 2.85. The standard InChI is InChI=1S/C29H24O7/c1-19(2)29(33)35-24-12-6-22(7-13-24)9-17-28(32)36-26-15-14-25(18-20(26)3)34-27(31)16-8-21-4-10-23(30)11-5-21/h4-18,30H,1H2,2-3H3/b16-8+,17-9+. The molecule has 3 rings (SSSR count). The van der Waals surface area contributed by atoms with Crippen molar-refractivity contribution in [2.24, 2.45) is 0 Å². The van der Waals surface area contributed by atoms with Crippen LogP contribution in [-0.4, -0.2) is 23.0 Å². The number of esters is 3. The molecule has 182 valence electrons. The summed E-state index contributed by atoms with van der Waals surface area (Å²) in [5.41, 5.74) is 2.35. The van der Waals surface area contributed by atoms with Gasteiger partial charge in [0.25, 0.3) is 0 Å². The van der Waals surface area contributed by atoms with Crippen molar-refractivity contribution in [1.29, 1.82) is 0 Å². The highest BCUT2D eigenvalue weighted by Crippen LogP contribution is 2.24. The minimum atomic E-state index is -0.586. The average molecular weight is 485 g/mol. The van der Waals surface area contributed by atoms with E-state index in [4.69, 9.17) is 14.2 Å². The number of hydrogen-bond acceptors (Lipinski definition) is 7. The third kappa shape index (κ3) is 7.85. The fourth-order valence-electron chi connectivity index (χ4n) is 2.85. The first-order valence-electron chi connectivity index (χ1n) is 10.9. The molecule has 36 heavy (non-hydrogen) atoms. The van der Waals surface area contributed by atoms with E-state index in [1.807, 2.05) is 0 Å². The zero-order valence-electron chi connectivity index (χ0n) is 19.8. The van der Waals surface area contributed by atoms with Crippen LogP contribution in [0.5, 0.6) is 23.0 Å². The maximum absolute atomic E-state index is 12.2. The molecule has 0 fully saturated rings. The molecule has 0 aliphatic heterocycles. The number of carbonyl (C=O) groups excluding carboxylic acids is 3. The van der Waals surface area contributed by atoms with Gasteiger partial charge in [-0.15, -0.1) is 0 Å². The van der Waals surface area contributed by atoms with Gasteiger partial charge in [-0.2, -0.15) is 0 Å². The molecule has 0 saturated carbocycles. The number of aryl methyl sites for hydroxylation is 1. The Hall–Kier alpha value is -4.91. The van der Waals surface area contributed by atoms with Gasteiger partial charge in [-0.1, -0.05) is 30.8 Å². The highest BCUT2D eigenvalue weighted by atomic mass is 16.5. The molecule has 3 aromatic rings. The van der Waals surface area contributed by atoms with E-state index in [-0.39, 0.29) is 5.75 Å². The van der Waals surface area contributed by atoms with E-state index in [1.54, 1.807) is 68.5 Å². The van der Waals surface area contributed by atoms with Crippen LogP contribution >= 0.6 is 0 Å². The van der Waals surface area contributed by atoms with E-state index in [9.17, 15) is 19.5 Å². The van der Waals surface area contributed by atoms with Crippen LogP contribution in [0.2, 0.25) is 0 Å². The molecule has 1 N–H and O–H groups in total. The zero-order valence-corrected chi connectivity index (χ0v) is 19.8. The Kier molecular flexibility index (Phi) is 8.56. The summed E-state index contributed by atoms with van der Waals surface area (Å²) >= 11 is 0. The van der Waals surface area contributed by atoms with E-state index in [0.29, 0.717) is 33.9 Å². The largest absolute Gasteiger partial charge is 0.508 e. The Morgan fingerprint density at radius 1 is 0.750 bits per heavy atom. The maximum Gasteiger partial charge on any atom is 0.338 e. The van der Waals surface area contributed by atoms with Gasteiger partial charge in [0, 0.05) is 17.7 Å². The van der Waals surface area contributed by atoms with Gasteiger partial charge in [0.1, 0.15) is 23.0 Å². The lowest BCUT2D eigenvalue weighted by Gasteiger charge is -2.08. The highest BCUT2D eigenvalue weighted by molar-refractivity contribution is 5.90. The molecular weight excluding hydrogens is 460 g/mol. The molecule has 0 aromatic heterocycles. The van der Waals surface area contributed by atoms with Crippen molar-refractivity contribution in [1.82, 2.24) is 0 Å². The molecule has 7 nitrogen and oxygen atoms in total. The number of hydrogen-bond donors (Lipinski definition) is 1.